The van der Waals surface area contributed by atoms with E-state index in [9.17, 15) is 9.59 Å². The van der Waals surface area contributed by atoms with Crippen molar-refractivity contribution in [3.63, 3.8) is 0 Å². The molecule has 2 heterocycles. The molecule has 1 amide bonds. The molecule has 4 nitrogen and oxygen atoms in total. The highest BCUT2D eigenvalue weighted by atomic mass is 32.1. The predicted molar refractivity (Wildman–Crippen MR) is 105 cm³/mol. The fourth-order valence-corrected chi connectivity index (χ4v) is 4.41. The van der Waals surface area contributed by atoms with Gasteiger partial charge in [-0.05, 0) is 42.2 Å². The summed E-state index contributed by atoms with van der Waals surface area (Å²) in [5.41, 5.74) is 0.626. The van der Waals surface area contributed by atoms with E-state index < -0.39 is 5.97 Å². The van der Waals surface area contributed by atoms with E-state index in [1.807, 2.05) is 17.5 Å². The third-order valence-electron chi connectivity index (χ3n) is 3.62. The molecule has 0 aliphatic heterocycles. The second kappa shape index (κ2) is 8.15. The minimum Gasteiger partial charge on any atom is -0.462 e. The van der Waals surface area contributed by atoms with Crippen molar-refractivity contribution in [1.82, 2.24) is 0 Å². The predicted octanol–water partition coefficient (Wildman–Crippen LogP) is 5.78. The first kappa shape index (κ1) is 19.7. The first-order valence-corrected chi connectivity index (χ1v) is 10.1. The van der Waals surface area contributed by atoms with Crippen LogP contribution < -0.4 is 5.32 Å². The molecule has 6 heteroatoms. The summed E-state index contributed by atoms with van der Waals surface area (Å²) in [6.07, 6.45) is 0.994. The van der Waals surface area contributed by atoms with Gasteiger partial charge in [-0.1, -0.05) is 33.8 Å². The molecule has 2 rings (SSSR count). The number of carbonyl (C=O) groups excluding carboxylic acids is 2. The maximum Gasteiger partial charge on any atom is 0.341 e. The zero-order valence-corrected chi connectivity index (χ0v) is 17.0. The van der Waals surface area contributed by atoms with Crippen LogP contribution in [-0.4, -0.2) is 18.5 Å². The average Bonchev–Trinajstić information content (AvgIpc) is 3.15. The van der Waals surface area contributed by atoms with Crippen molar-refractivity contribution in [3.8, 4) is 0 Å². The molecule has 136 valence electrons. The Labute approximate surface area is 157 Å². The Balaban J connectivity index is 2.29. The molecular weight excluding hydrogens is 354 g/mol. The van der Waals surface area contributed by atoms with Gasteiger partial charge >= 0.3 is 5.97 Å². The SMILES string of the molecule is CCOC(=O)c1cc([C@@H](C)CC(C)(C)C)sc1NC(=O)c1cccs1. The van der Waals surface area contributed by atoms with Crippen LogP contribution in [0.3, 0.4) is 0 Å². The Hall–Kier alpha value is -1.66. The van der Waals surface area contributed by atoms with E-state index in [0.29, 0.717) is 28.0 Å². The van der Waals surface area contributed by atoms with Gasteiger partial charge in [0.05, 0.1) is 17.0 Å². The van der Waals surface area contributed by atoms with Crippen LogP contribution in [-0.2, 0) is 4.74 Å². The van der Waals surface area contributed by atoms with Crippen LogP contribution >= 0.6 is 22.7 Å². The van der Waals surface area contributed by atoms with Crippen LogP contribution in [0, 0.1) is 5.41 Å². The van der Waals surface area contributed by atoms with Crippen molar-refractivity contribution < 1.29 is 14.3 Å². The van der Waals surface area contributed by atoms with Gasteiger partial charge < -0.3 is 10.1 Å². The number of carbonyl (C=O) groups is 2. The monoisotopic (exact) mass is 379 g/mol. The summed E-state index contributed by atoms with van der Waals surface area (Å²) in [4.78, 5) is 26.4. The molecule has 0 saturated heterocycles. The number of nitrogens with one attached hydrogen (secondary N) is 1. The molecule has 0 saturated carbocycles. The molecule has 2 aromatic heterocycles. The third-order valence-corrected chi connectivity index (χ3v) is 5.77. The van der Waals surface area contributed by atoms with Gasteiger partial charge in [0.1, 0.15) is 5.00 Å². The zero-order chi connectivity index (χ0) is 18.6. The van der Waals surface area contributed by atoms with Crippen LogP contribution in [0.1, 0.15) is 71.9 Å². The number of thiophene rings is 2. The molecule has 0 aliphatic rings. The molecule has 0 spiro atoms. The van der Waals surface area contributed by atoms with E-state index in [4.69, 9.17) is 4.74 Å². The highest BCUT2D eigenvalue weighted by Crippen LogP contribution is 2.38. The van der Waals surface area contributed by atoms with Gasteiger partial charge in [-0.2, -0.15) is 0 Å². The van der Waals surface area contributed by atoms with Crippen LogP contribution in [0.4, 0.5) is 5.00 Å². The van der Waals surface area contributed by atoms with Crippen LogP contribution in [0.25, 0.3) is 0 Å². The Morgan fingerprint density at radius 1 is 1.32 bits per heavy atom. The Morgan fingerprint density at radius 2 is 2.04 bits per heavy atom. The van der Waals surface area contributed by atoms with E-state index in [2.05, 4.69) is 33.0 Å². The number of esters is 1. The molecule has 0 aliphatic carbocycles. The second-order valence-electron chi connectivity index (χ2n) is 7.21. The third kappa shape index (κ3) is 5.41. The van der Waals surface area contributed by atoms with Crippen molar-refractivity contribution in [2.45, 2.75) is 47.0 Å². The number of hydrogen-bond donors (Lipinski definition) is 1. The summed E-state index contributed by atoms with van der Waals surface area (Å²) in [5, 5.41) is 5.30. The second-order valence-corrected chi connectivity index (χ2v) is 9.24. The molecule has 1 N–H and O–H groups in total. The van der Waals surface area contributed by atoms with E-state index >= 15 is 0 Å². The topological polar surface area (TPSA) is 55.4 Å². The minimum absolute atomic E-state index is 0.188. The van der Waals surface area contributed by atoms with Gasteiger partial charge in [-0.15, -0.1) is 22.7 Å². The van der Waals surface area contributed by atoms with E-state index in [-0.39, 0.29) is 11.3 Å². The van der Waals surface area contributed by atoms with Crippen LogP contribution in [0.15, 0.2) is 23.6 Å². The van der Waals surface area contributed by atoms with Crippen LogP contribution in [0.5, 0.6) is 0 Å². The molecule has 25 heavy (non-hydrogen) atoms. The van der Waals surface area contributed by atoms with E-state index in [0.717, 1.165) is 11.3 Å². The zero-order valence-electron chi connectivity index (χ0n) is 15.3. The summed E-state index contributed by atoms with van der Waals surface area (Å²) < 4.78 is 5.15. The van der Waals surface area contributed by atoms with Gasteiger partial charge in [-0.25, -0.2) is 4.79 Å². The molecular formula is C19H25NO3S2. The molecule has 0 unspecified atom stereocenters. The summed E-state index contributed by atoms with van der Waals surface area (Å²) in [6.45, 7) is 10.8. The van der Waals surface area contributed by atoms with Crippen molar-refractivity contribution in [2.75, 3.05) is 11.9 Å². The average molecular weight is 380 g/mol. The first-order chi connectivity index (χ1) is 11.7. The fourth-order valence-electron chi connectivity index (χ4n) is 2.70. The van der Waals surface area contributed by atoms with Gasteiger partial charge in [0, 0.05) is 4.88 Å². The van der Waals surface area contributed by atoms with Crippen molar-refractivity contribution in [2.24, 2.45) is 5.41 Å². The number of rotatable bonds is 6. The molecule has 0 bridgehead atoms. The van der Waals surface area contributed by atoms with Crippen molar-refractivity contribution >= 4 is 39.6 Å². The number of anilines is 1. The highest BCUT2D eigenvalue weighted by Gasteiger charge is 2.24. The molecule has 0 radical (unpaired) electrons. The molecule has 1 atom stereocenters. The highest BCUT2D eigenvalue weighted by molar-refractivity contribution is 7.17. The lowest BCUT2D eigenvalue weighted by Crippen LogP contribution is -2.13. The normalized spacial score (nSPS) is 12.7. The molecule has 0 aromatic carbocycles. The van der Waals surface area contributed by atoms with Gasteiger partial charge in [0.25, 0.3) is 5.91 Å². The number of amides is 1. The standard InChI is InChI=1S/C19H25NO3S2/c1-6-23-18(22)13-10-15(12(2)11-19(3,4)5)25-17(13)20-16(21)14-8-7-9-24-14/h7-10,12H,6,11H2,1-5H3,(H,20,21)/t12-/m0/s1. The van der Waals surface area contributed by atoms with Gasteiger partial charge in [0.2, 0.25) is 0 Å². The molecule has 2 aromatic rings. The maximum atomic E-state index is 12.4. The van der Waals surface area contributed by atoms with Crippen LogP contribution in [0.2, 0.25) is 0 Å². The maximum absolute atomic E-state index is 12.4. The van der Waals surface area contributed by atoms with Gasteiger partial charge in [-0.3, -0.25) is 4.79 Å². The summed E-state index contributed by atoms with van der Waals surface area (Å²) in [6, 6.07) is 5.46. The Bertz CT molecular complexity index is 726. The quantitative estimate of drug-likeness (QED) is 0.647. The smallest absolute Gasteiger partial charge is 0.341 e. The summed E-state index contributed by atoms with van der Waals surface area (Å²) >= 11 is 2.83. The van der Waals surface area contributed by atoms with Crippen molar-refractivity contribution in [3.05, 3.63) is 38.9 Å². The Morgan fingerprint density at radius 3 is 2.60 bits per heavy atom. The number of hydrogen-bond acceptors (Lipinski definition) is 5. The van der Waals surface area contributed by atoms with E-state index in [1.54, 1.807) is 13.0 Å². The van der Waals surface area contributed by atoms with E-state index in [1.165, 1.54) is 22.7 Å². The number of ether oxygens (including phenoxy) is 1. The largest absolute Gasteiger partial charge is 0.462 e. The van der Waals surface area contributed by atoms with Gasteiger partial charge in [0.15, 0.2) is 0 Å². The minimum atomic E-state index is -0.394. The lowest BCUT2D eigenvalue weighted by atomic mass is 9.85. The lowest BCUT2D eigenvalue weighted by molar-refractivity contribution is 0.0528. The molecule has 0 fully saturated rings. The first-order valence-electron chi connectivity index (χ1n) is 8.37. The fraction of sp³-hybridized carbons (Fsp3) is 0.474. The van der Waals surface area contributed by atoms with Crippen molar-refractivity contribution in [1.29, 1.82) is 0 Å². The lowest BCUT2D eigenvalue weighted by Gasteiger charge is -2.22. The summed E-state index contributed by atoms with van der Waals surface area (Å²) in [5.74, 6) is -0.294. The Kier molecular flexibility index (Phi) is 6.41. The summed E-state index contributed by atoms with van der Waals surface area (Å²) in [7, 11) is 0.